The molecule has 4 N–H and O–H groups in total. The second-order valence-corrected chi connectivity index (χ2v) is 14.2. The molecule has 1 heterocycles. The molecule has 0 spiro atoms. The molecule has 0 fully saturated rings. The van der Waals surface area contributed by atoms with Gasteiger partial charge in [0.25, 0.3) is 0 Å². The van der Waals surface area contributed by atoms with Crippen molar-refractivity contribution >= 4 is 47.3 Å². The van der Waals surface area contributed by atoms with Gasteiger partial charge in [0.2, 0.25) is 11.8 Å². The Bertz CT molecular complexity index is 1990. The minimum Gasteiger partial charge on any atom is -0.461 e. The number of imidazole rings is 1. The van der Waals surface area contributed by atoms with Crippen molar-refractivity contribution in [2.24, 2.45) is 5.92 Å². The second kappa shape index (κ2) is 20.0. The van der Waals surface area contributed by atoms with Crippen LogP contribution in [0.4, 0.5) is 4.79 Å². The number of nitrogens with one attached hydrogen (secondary N) is 4. The van der Waals surface area contributed by atoms with Gasteiger partial charge in [0.15, 0.2) is 1.41 Å². The monoisotopic (exact) mass is 750 g/mol. The van der Waals surface area contributed by atoms with Gasteiger partial charge < -0.3 is 30.4 Å². The Morgan fingerprint density at radius 2 is 1.41 bits per heavy atom. The summed E-state index contributed by atoms with van der Waals surface area (Å²) < 4.78 is 19.8. The number of aromatic nitrogens is 2. The highest BCUT2D eigenvalue weighted by Crippen LogP contribution is 2.21. The largest absolute Gasteiger partial charge is 0.461 e. The fraction of sp³-hybridized carbons (Fsp3) is 0.310. The molecule has 0 saturated carbocycles. The molecular formula is C42H47N5O6S. The number of alkyl carbamates (subject to hydrolysis) is 1. The summed E-state index contributed by atoms with van der Waals surface area (Å²) in [6.07, 6.45) is 2.43. The van der Waals surface area contributed by atoms with Crippen LogP contribution in [0.25, 0.3) is 10.8 Å². The first kappa shape index (κ1) is 38.1. The van der Waals surface area contributed by atoms with Crippen LogP contribution in [0.2, 0.25) is 1.41 Å². The van der Waals surface area contributed by atoms with Crippen molar-refractivity contribution < 1.29 is 30.1 Å². The van der Waals surface area contributed by atoms with Gasteiger partial charge in [0.1, 0.15) is 25.3 Å². The maximum absolute atomic E-state index is 14.3. The van der Waals surface area contributed by atoms with Gasteiger partial charge in [-0.3, -0.25) is 14.4 Å². The number of hydrogen-bond donors (Lipinski definition) is 5. The van der Waals surface area contributed by atoms with Crippen LogP contribution in [0.1, 0.15) is 49.1 Å². The van der Waals surface area contributed by atoms with Gasteiger partial charge in [-0.2, -0.15) is 12.6 Å². The standard InChI is InChI=1S/C42H47N5O6S/c1-28(2)20-35(38(54)23-39(48)52-25-29-12-5-3-6-13-29)45-41(50)37(22-33-24-43-27-44-33)46-40(49)36(47-42(51)53-26-30-14-7-4-8-15-30)21-32-18-11-17-31-16-9-10-19-34(31)32/h3-19,24,27-28,35-38,54H,20-23,25-26H2,1-2H3,(H,43,44)(H,45,50)(H,46,49)(H,47,51)/t35-,36-,37-,38-/m0/s1/i/hD. The summed E-state index contributed by atoms with van der Waals surface area (Å²) in [6, 6.07) is 28.5. The maximum atomic E-state index is 14.3. The first-order chi connectivity index (χ1) is 26.6. The van der Waals surface area contributed by atoms with Crippen LogP contribution in [0.5, 0.6) is 0 Å². The van der Waals surface area contributed by atoms with Crippen LogP contribution in [0.3, 0.4) is 0 Å². The quantitative estimate of drug-likeness (QED) is 0.0537. The number of benzene rings is 4. The minimum atomic E-state index is -1.38. The molecule has 5 rings (SSSR count). The average Bonchev–Trinajstić information content (AvgIpc) is 3.71. The Kier molecular flexibility index (Phi) is 14.1. The molecule has 12 heteroatoms. The van der Waals surface area contributed by atoms with Crippen molar-refractivity contribution in [3.8, 4) is 0 Å². The van der Waals surface area contributed by atoms with Crippen LogP contribution >= 0.6 is 12.6 Å². The van der Waals surface area contributed by atoms with Gasteiger partial charge in [-0.1, -0.05) is 117 Å². The summed E-state index contributed by atoms with van der Waals surface area (Å²) >= 11 is 4.73. The Balaban J connectivity index is 1.35. The molecule has 0 bridgehead atoms. The van der Waals surface area contributed by atoms with E-state index in [1.807, 2.05) is 105 Å². The Labute approximate surface area is 322 Å². The predicted octanol–water partition coefficient (Wildman–Crippen LogP) is 6.09. The lowest BCUT2D eigenvalue weighted by molar-refractivity contribution is -0.145. The van der Waals surface area contributed by atoms with E-state index in [9.17, 15) is 19.2 Å². The molecule has 54 heavy (non-hydrogen) atoms. The maximum Gasteiger partial charge on any atom is 0.408 e. The van der Waals surface area contributed by atoms with Crippen molar-refractivity contribution in [1.29, 1.82) is 0 Å². The molecule has 4 aromatic carbocycles. The summed E-state index contributed by atoms with van der Waals surface area (Å²) in [5.74, 6) is -1.59. The Hall–Kier alpha value is -5.62. The van der Waals surface area contributed by atoms with Gasteiger partial charge in [-0.05, 0) is 39.8 Å². The fourth-order valence-corrected chi connectivity index (χ4v) is 6.41. The van der Waals surface area contributed by atoms with E-state index in [-0.39, 0.29) is 38.4 Å². The van der Waals surface area contributed by atoms with Crippen LogP contribution < -0.4 is 15.9 Å². The number of carbonyl (C=O) groups is 4. The zero-order valence-electron chi connectivity index (χ0n) is 31.4. The lowest BCUT2D eigenvalue weighted by Crippen LogP contribution is -2.57. The van der Waals surface area contributed by atoms with Crippen LogP contribution in [-0.4, -0.2) is 57.2 Å². The molecule has 0 aliphatic heterocycles. The molecule has 5 aromatic rings. The number of esters is 1. The zero-order valence-corrected chi connectivity index (χ0v) is 31.3. The lowest BCUT2D eigenvalue weighted by Gasteiger charge is -2.29. The van der Waals surface area contributed by atoms with E-state index >= 15 is 0 Å². The van der Waals surface area contributed by atoms with E-state index in [1.165, 1.54) is 6.33 Å². The first-order valence-corrected chi connectivity index (χ1v) is 18.5. The number of H-pyrrole nitrogens is 1. The van der Waals surface area contributed by atoms with E-state index in [1.54, 1.807) is 18.3 Å². The number of thiol groups is 1. The van der Waals surface area contributed by atoms with E-state index < -0.39 is 47.3 Å². The summed E-state index contributed by atoms with van der Waals surface area (Å²) in [7, 11) is 0. The van der Waals surface area contributed by atoms with E-state index in [0.717, 1.165) is 27.5 Å². The fourth-order valence-electron chi connectivity index (χ4n) is 6.07. The molecule has 0 aliphatic carbocycles. The predicted molar refractivity (Wildman–Crippen MR) is 210 cm³/mol. The highest BCUT2D eigenvalue weighted by Gasteiger charge is 2.32. The number of amides is 3. The van der Waals surface area contributed by atoms with Crippen molar-refractivity contribution in [2.45, 2.75) is 76.1 Å². The van der Waals surface area contributed by atoms with E-state index in [0.29, 0.717) is 17.4 Å². The van der Waals surface area contributed by atoms with E-state index in [2.05, 4.69) is 20.6 Å². The van der Waals surface area contributed by atoms with Gasteiger partial charge >= 0.3 is 12.1 Å². The summed E-state index contributed by atoms with van der Waals surface area (Å²) in [4.78, 5) is 61.7. The number of hydrogen-bond acceptors (Lipinski definition) is 8. The van der Waals surface area contributed by atoms with Crippen molar-refractivity contribution in [3.05, 3.63) is 138 Å². The van der Waals surface area contributed by atoms with Gasteiger partial charge in [-0.15, -0.1) is 0 Å². The molecule has 1 aromatic heterocycles. The summed E-state index contributed by atoms with van der Waals surface area (Å²) in [5.41, 5.74) is 2.88. The third kappa shape index (κ3) is 12.2. The number of carbonyl (C=O) groups excluding carboxylic acids is 4. The normalized spacial score (nSPS) is 13.6. The van der Waals surface area contributed by atoms with E-state index in [4.69, 9.17) is 23.5 Å². The topological polar surface area (TPSA) is 152 Å². The van der Waals surface area contributed by atoms with Crippen molar-refractivity contribution in [3.63, 3.8) is 0 Å². The minimum absolute atomic E-state index is 0.0275. The number of nitrogens with zero attached hydrogens (tertiary/aromatic N) is 1. The third-order valence-electron chi connectivity index (χ3n) is 8.81. The second-order valence-electron chi connectivity index (χ2n) is 13.5. The number of ether oxygens (including phenoxy) is 2. The smallest absolute Gasteiger partial charge is 0.408 e. The molecular weight excluding hydrogens is 703 g/mol. The lowest BCUT2D eigenvalue weighted by atomic mass is 9.97. The van der Waals surface area contributed by atoms with Gasteiger partial charge in [0.05, 0.1) is 12.7 Å². The zero-order chi connectivity index (χ0) is 39.2. The third-order valence-corrected chi connectivity index (χ3v) is 9.35. The molecule has 0 aliphatic rings. The van der Waals surface area contributed by atoms with Gasteiger partial charge in [-0.25, -0.2) is 9.78 Å². The molecule has 3 amide bonds. The highest BCUT2D eigenvalue weighted by atomic mass is 32.1. The van der Waals surface area contributed by atoms with Crippen LogP contribution in [0.15, 0.2) is 116 Å². The number of fused-ring (bicyclic) bond motifs is 1. The summed E-state index contributed by atoms with van der Waals surface area (Å²) in [5, 5.41) is 7.57. The van der Waals surface area contributed by atoms with Crippen LogP contribution in [-0.2, 0) is 49.9 Å². The number of aromatic amines is 1. The molecule has 11 nitrogen and oxygen atoms in total. The molecule has 4 atom stereocenters. The Morgan fingerprint density at radius 1 is 0.778 bits per heavy atom. The van der Waals surface area contributed by atoms with Crippen molar-refractivity contribution in [1.82, 2.24) is 25.9 Å². The highest BCUT2D eigenvalue weighted by molar-refractivity contribution is 7.81. The molecule has 0 saturated heterocycles. The first-order valence-electron chi connectivity index (χ1n) is 18.4. The van der Waals surface area contributed by atoms with Gasteiger partial charge in [0, 0.05) is 36.0 Å². The number of rotatable bonds is 18. The van der Waals surface area contributed by atoms with Crippen LogP contribution in [0, 0.1) is 5.92 Å². The average molecular weight is 751 g/mol. The molecule has 0 radical (unpaired) electrons. The Morgan fingerprint density at radius 3 is 2.07 bits per heavy atom. The SMILES string of the molecule is [2H]N(C(=O)OCc1ccccc1)[C@@H](Cc1cccc2ccccc12)C(=O)N[C@@H](Cc1cnc[nH]1)C(=O)N[C@@H](CC(C)C)[C@@H](S)CC(=O)OCc1ccccc1. The molecule has 282 valence electrons. The summed E-state index contributed by atoms with van der Waals surface area (Å²) in [6.45, 7) is 4.01. The van der Waals surface area contributed by atoms with Crippen molar-refractivity contribution in [2.75, 3.05) is 0 Å². The molecule has 0 unspecified atom stereocenters.